The number of hydrogen-bond acceptors (Lipinski definition) is 0. The Hall–Kier alpha value is -6.50. The van der Waals surface area contributed by atoms with Crippen LogP contribution in [-0.4, -0.2) is 0 Å². The summed E-state index contributed by atoms with van der Waals surface area (Å²) in [6, 6.07) is 62.9. The second-order valence-electron chi connectivity index (χ2n) is 19.3. The van der Waals surface area contributed by atoms with Crippen molar-refractivity contribution in [1.29, 1.82) is 0 Å². The monoisotopic (exact) mass is 768 g/mol. The van der Waals surface area contributed by atoms with Crippen LogP contribution in [0.4, 0.5) is 0 Å². The predicted molar refractivity (Wildman–Crippen MR) is 255 cm³/mol. The van der Waals surface area contributed by atoms with Gasteiger partial charge in [-0.3, -0.25) is 0 Å². The zero-order valence-electron chi connectivity index (χ0n) is 35.6. The fourth-order valence-electron chi connectivity index (χ4n) is 11.9. The maximum atomic E-state index is 2.52. The van der Waals surface area contributed by atoms with Crippen LogP contribution in [0.1, 0.15) is 80.5 Å². The number of benzene rings is 9. The first kappa shape index (κ1) is 35.4. The van der Waals surface area contributed by atoms with E-state index in [1.54, 1.807) is 0 Å². The van der Waals surface area contributed by atoms with Crippen LogP contribution in [0.3, 0.4) is 0 Å². The fraction of sp³-hybridized carbons (Fsp3) is 0.167. The minimum Gasteiger partial charge on any atom is -0.0619 e. The van der Waals surface area contributed by atoms with Crippen LogP contribution >= 0.6 is 0 Å². The molecule has 0 atom stereocenters. The highest BCUT2D eigenvalue weighted by molar-refractivity contribution is 6.22. The molecule has 12 rings (SSSR count). The van der Waals surface area contributed by atoms with Crippen molar-refractivity contribution in [2.24, 2.45) is 0 Å². The molecule has 0 heteroatoms. The molecule has 0 unspecified atom stereocenters. The van der Waals surface area contributed by atoms with Crippen molar-refractivity contribution in [1.82, 2.24) is 0 Å². The van der Waals surface area contributed by atoms with E-state index in [0.717, 1.165) is 0 Å². The van der Waals surface area contributed by atoms with E-state index < -0.39 is 0 Å². The van der Waals surface area contributed by atoms with Crippen molar-refractivity contribution in [3.63, 3.8) is 0 Å². The lowest BCUT2D eigenvalue weighted by molar-refractivity contribution is 0.660. The van der Waals surface area contributed by atoms with E-state index in [4.69, 9.17) is 0 Å². The van der Waals surface area contributed by atoms with Gasteiger partial charge in [0.2, 0.25) is 0 Å². The molecule has 0 saturated heterocycles. The highest BCUT2D eigenvalue weighted by atomic mass is 14.4. The van der Waals surface area contributed by atoms with Crippen LogP contribution in [0, 0.1) is 6.92 Å². The lowest BCUT2D eigenvalue weighted by Gasteiger charge is -2.24. The largest absolute Gasteiger partial charge is 0.0619 e. The number of fused-ring (bicyclic) bond motifs is 11. The van der Waals surface area contributed by atoms with Gasteiger partial charge in [-0.05, 0) is 158 Å². The topological polar surface area (TPSA) is 0 Å². The summed E-state index contributed by atoms with van der Waals surface area (Å²) >= 11 is 0. The Labute approximate surface area is 354 Å². The summed E-state index contributed by atoms with van der Waals surface area (Å²) in [5.74, 6) is 0. The standard InChI is InChI=1S/C60H48/c1-35-30-48-41-18-12-15-23-52(41)60(6,7)55(48)34-47(35)36-24-29-46-49(31-36)57(38-26-28-43-40-17-11-14-22-51(40)59(4,5)54(43)33-38)45-20-9-8-19-44(45)56(46)37-25-27-42-39-16-10-13-21-50(39)58(2,3)53(42)32-37/h8-34H,1-7H3. The van der Waals surface area contributed by atoms with Crippen molar-refractivity contribution in [2.45, 2.75) is 64.7 Å². The highest BCUT2D eigenvalue weighted by Gasteiger charge is 2.38. The second kappa shape index (κ2) is 12.0. The average Bonchev–Trinajstić information content (AvgIpc) is 3.74. The zero-order chi connectivity index (χ0) is 40.9. The van der Waals surface area contributed by atoms with E-state index >= 15 is 0 Å². The first-order valence-corrected chi connectivity index (χ1v) is 21.7. The Morgan fingerprint density at radius 1 is 0.267 bits per heavy atom. The third kappa shape index (κ3) is 4.63. The molecule has 9 aromatic carbocycles. The van der Waals surface area contributed by atoms with Gasteiger partial charge in [-0.15, -0.1) is 0 Å². The molecule has 3 aliphatic carbocycles. The Morgan fingerprint density at radius 3 is 1.17 bits per heavy atom. The third-order valence-corrected chi connectivity index (χ3v) is 15.0. The molecule has 0 radical (unpaired) electrons. The number of rotatable bonds is 3. The maximum Gasteiger partial charge on any atom is 0.0159 e. The fourth-order valence-corrected chi connectivity index (χ4v) is 11.9. The van der Waals surface area contributed by atoms with Gasteiger partial charge in [-0.25, -0.2) is 0 Å². The van der Waals surface area contributed by atoms with E-state index in [-0.39, 0.29) is 16.2 Å². The van der Waals surface area contributed by atoms with Crippen molar-refractivity contribution >= 4 is 21.5 Å². The Kier molecular flexibility index (Phi) is 7.12. The molecule has 0 aliphatic heterocycles. The van der Waals surface area contributed by atoms with Gasteiger partial charge < -0.3 is 0 Å². The van der Waals surface area contributed by atoms with Crippen LogP contribution in [0.2, 0.25) is 0 Å². The quantitative estimate of drug-likeness (QED) is 0.157. The molecule has 0 nitrogen and oxygen atoms in total. The molecular weight excluding hydrogens is 721 g/mol. The average molecular weight is 769 g/mol. The Bertz CT molecular complexity index is 3350. The smallest absolute Gasteiger partial charge is 0.0159 e. The number of hydrogen-bond donors (Lipinski definition) is 0. The first-order valence-electron chi connectivity index (χ1n) is 21.7. The summed E-state index contributed by atoms with van der Waals surface area (Å²) < 4.78 is 0. The normalized spacial score (nSPS) is 15.7. The van der Waals surface area contributed by atoms with Gasteiger partial charge in [0.1, 0.15) is 0 Å². The van der Waals surface area contributed by atoms with E-state index in [2.05, 4.69) is 212 Å². The van der Waals surface area contributed by atoms with Crippen LogP contribution in [0.5, 0.6) is 0 Å². The van der Waals surface area contributed by atoms with Crippen LogP contribution in [0.15, 0.2) is 164 Å². The van der Waals surface area contributed by atoms with Gasteiger partial charge in [0.15, 0.2) is 0 Å². The van der Waals surface area contributed by atoms with E-state index in [9.17, 15) is 0 Å². The maximum absolute atomic E-state index is 2.52. The van der Waals surface area contributed by atoms with Crippen molar-refractivity contribution in [3.8, 4) is 66.8 Å². The van der Waals surface area contributed by atoms with E-state index in [0.29, 0.717) is 0 Å². The number of aryl methyl sites for hydroxylation is 1. The minimum absolute atomic E-state index is 0.0739. The van der Waals surface area contributed by atoms with E-state index in [1.807, 2.05) is 0 Å². The molecule has 60 heavy (non-hydrogen) atoms. The summed E-state index contributed by atoms with van der Waals surface area (Å²) in [5, 5.41) is 5.16. The van der Waals surface area contributed by atoms with Gasteiger partial charge in [-0.2, -0.15) is 0 Å². The van der Waals surface area contributed by atoms with Gasteiger partial charge in [-0.1, -0.05) is 181 Å². The highest BCUT2D eigenvalue weighted by Crippen LogP contribution is 2.55. The molecule has 0 spiro atoms. The van der Waals surface area contributed by atoms with Crippen molar-refractivity contribution < 1.29 is 0 Å². The van der Waals surface area contributed by atoms with Crippen molar-refractivity contribution in [3.05, 3.63) is 203 Å². The van der Waals surface area contributed by atoms with Gasteiger partial charge in [0, 0.05) is 16.2 Å². The Morgan fingerprint density at radius 2 is 0.650 bits per heavy atom. The molecule has 0 amide bonds. The summed E-state index contributed by atoms with van der Waals surface area (Å²) in [6.07, 6.45) is 0. The van der Waals surface area contributed by atoms with Gasteiger partial charge >= 0.3 is 0 Å². The minimum atomic E-state index is -0.0979. The summed E-state index contributed by atoms with van der Waals surface area (Å²) in [4.78, 5) is 0. The molecule has 3 aliphatic rings. The zero-order valence-corrected chi connectivity index (χ0v) is 35.6. The molecule has 288 valence electrons. The molecule has 0 N–H and O–H groups in total. The second-order valence-corrected chi connectivity index (χ2v) is 19.3. The van der Waals surface area contributed by atoms with Crippen molar-refractivity contribution in [2.75, 3.05) is 0 Å². The molecule has 9 aromatic rings. The molecular formula is C60H48. The van der Waals surface area contributed by atoms with Gasteiger partial charge in [0.25, 0.3) is 0 Å². The predicted octanol–water partition coefficient (Wildman–Crippen LogP) is 16.2. The van der Waals surface area contributed by atoms with Crippen LogP contribution < -0.4 is 0 Å². The lowest BCUT2D eigenvalue weighted by Crippen LogP contribution is -2.15. The molecule has 0 fully saturated rings. The summed E-state index contributed by atoms with van der Waals surface area (Å²) in [6.45, 7) is 16.6. The third-order valence-electron chi connectivity index (χ3n) is 15.0. The molecule has 0 bridgehead atoms. The molecule has 0 heterocycles. The Balaban J connectivity index is 1.14. The molecule has 0 aromatic heterocycles. The molecule has 0 saturated carbocycles. The summed E-state index contributed by atoms with van der Waals surface area (Å²) in [7, 11) is 0. The lowest BCUT2D eigenvalue weighted by atomic mass is 9.79. The van der Waals surface area contributed by atoms with Gasteiger partial charge in [0.05, 0.1) is 0 Å². The first-order chi connectivity index (χ1) is 28.9. The summed E-state index contributed by atoms with van der Waals surface area (Å²) in [5.41, 5.74) is 25.4. The SMILES string of the molecule is Cc1cc2c(cc1-c1ccc3c(-c4ccc5c(c4)C(C)(C)c4ccccc4-5)c4ccccc4c(-c4ccc5c(c4)C(C)(C)c4ccccc4-5)c3c1)C(C)(C)c1ccccc1-2. The van der Waals surface area contributed by atoms with Crippen LogP contribution in [-0.2, 0) is 16.2 Å². The van der Waals surface area contributed by atoms with E-state index in [1.165, 1.54) is 127 Å². The van der Waals surface area contributed by atoms with Crippen LogP contribution in [0.25, 0.3) is 88.3 Å².